The van der Waals surface area contributed by atoms with Crippen LogP contribution in [0.5, 0.6) is 0 Å². The van der Waals surface area contributed by atoms with Crippen LogP contribution in [0.1, 0.15) is 34.1 Å². The first-order valence-electron chi connectivity index (χ1n) is 11.9. The minimum absolute atomic E-state index is 0.0729. The molecule has 2 aliphatic heterocycles. The van der Waals surface area contributed by atoms with E-state index < -0.39 is 85.6 Å². The van der Waals surface area contributed by atoms with Crippen LogP contribution in [0.4, 0.5) is 0 Å². The fourth-order valence-electron chi connectivity index (χ4n) is 4.75. The maximum Gasteiger partial charge on any atom is 0.187 e. The van der Waals surface area contributed by atoms with Gasteiger partial charge in [0.25, 0.3) is 0 Å². The second-order valence-corrected chi connectivity index (χ2v) is 10.4. The lowest BCUT2D eigenvalue weighted by Gasteiger charge is -2.44. The highest BCUT2D eigenvalue weighted by Gasteiger charge is 2.48. The summed E-state index contributed by atoms with van der Waals surface area (Å²) in [5.41, 5.74) is -1.68. The molecule has 0 bridgehead atoms. The van der Waals surface area contributed by atoms with E-state index in [0.29, 0.717) is 5.57 Å². The Bertz CT molecular complexity index is 843. The van der Waals surface area contributed by atoms with Crippen molar-refractivity contribution in [2.24, 2.45) is 5.41 Å². The average molecular weight is 519 g/mol. The third-order valence-corrected chi connectivity index (χ3v) is 7.18. The smallest absolute Gasteiger partial charge is 0.187 e. The molecule has 7 N–H and O–H groups in total. The van der Waals surface area contributed by atoms with Gasteiger partial charge in [0, 0.05) is 11.8 Å². The summed E-state index contributed by atoms with van der Waals surface area (Å²) in [4.78, 5) is 11.9. The quantitative estimate of drug-likeness (QED) is 0.173. The summed E-state index contributed by atoms with van der Waals surface area (Å²) in [7, 11) is 0. The zero-order chi connectivity index (χ0) is 27.0. The van der Waals surface area contributed by atoms with Crippen molar-refractivity contribution >= 4 is 5.78 Å². The molecule has 0 saturated carbocycles. The van der Waals surface area contributed by atoms with E-state index in [9.17, 15) is 40.5 Å². The van der Waals surface area contributed by atoms with Crippen LogP contribution in [0.25, 0.3) is 0 Å². The Hall–Kier alpha value is -1.29. The number of aliphatic hydroxyl groups excluding tert-OH is 6. The molecule has 1 aliphatic carbocycles. The monoisotopic (exact) mass is 518 g/mol. The van der Waals surface area contributed by atoms with E-state index >= 15 is 0 Å². The van der Waals surface area contributed by atoms with Crippen LogP contribution in [0.2, 0.25) is 0 Å². The van der Waals surface area contributed by atoms with Crippen molar-refractivity contribution < 1.29 is 59.5 Å². The minimum atomic E-state index is -1.64. The van der Waals surface area contributed by atoms with Crippen molar-refractivity contribution in [3.63, 3.8) is 0 Å². The SMILES string of the molecule is CC1=CC(=O)CC(C)(C)[C@]1(O)/C=C/[C@H](C)O[C@@H]1O[C@H](CO[C@@H]2O[C@@H](CO)[C@H](O)[C@H]2O)[C@@H](O)[C@H](O)[C@H]1O. The van der Waals surface area contributed by atoms with Crippen LogP contribution in [-0.4, -0.2) is 122 Å². The fraction of sp³-hybridized carbons (Fsp3) is 0.792. The number of hydrogen-bond acceptors (Lipinski definition) is 12. The molecule has 2 fully saturated rings. The van der Waals surface area contributed by atoms with Crippen molar-refractivity contribution in [3.8, 4) is 0 Å². The van der Waals surface area contributed by atoms with E-state index in [-0.39, 0.29) is 12.2 Å². The molecule has 36 heavy (non-hydrogen) atoms. The van der Waals surface area contributed by atoms with Crippen LogP contribution in [-0.2, 0) is 23.7 Å². The number of carbonyl (C=O) groups excluding carboxylic acids is 1. The van der Waals surface area contributed by atoms with Gasteiger partial charge in [0.05, 0.1) is 19.3 Å². The highest BCUT2D eigenvalue weighted by atomic mass is 16.7. The van der Waals surface area contributed by atoms with Crippen molar-refractivity contribution in [1.82, 2.24) is 0 Å². The number of carbonyl (C=O) groups is 1. The Morgan fingerprint density at radius 2 is 1.61 bits per heavy atom. The Kier molecular flexibility index (Phi) is 9.12. The standard InChI is InChI=1S/C24H38O12/c1-11-7-13(26)8-23(3,4)24(11,32)6-5-12(2)34-22-20(31)18(29)17(28)15(36-22)10-33-21-19(30)16(27)14(9-25)35-21/h5-7,12,14-22,25,27-32H,8-10H2,1-4H3/b6-5+/t12-,14-,15+,16-,17+,18-,19+,20+,21+,22+,24-/m0/s1. The van der Waals surface area contributed by atoms with Crippen molar-refractivity contribution in [1.29, 1.82) is 0 Å². The lowest BCUT2D eigenvalue weighted by molar-refractivity contribution is -0.314. The zero-order valence-electron chi connectivity index (χ0n) is 20.8. The van der Waals surface area contributed by atoms with Crippen LogP contribution in [0.3, 0.4) is 0 Å². The number of aliphatic hydroxyl groups is 7. The van der Waals surface area contributed by atoms with E-state index in [0.717, 1.165) is 0 Å². The number of rotatable bonds is 8. The second kappa shape index (κ2) is 11.2. The highest BCUT2D eigenvalue weighted by molar-refractivity contribution is 5.92. The third kappa shape index (κ3) is 5.74. The van der Waals surface area contributed by atoms with Crippen LogP contribution >= 0.6 is 0 Å². The number of hydrogen-bond donors (Lipinski definition) is 7. The van der Waals surface area contributed by atoms with E-state index in [2.05, 4.69) is 0 Å². The minimum Gasteiger partial charge on any atom is -0.394 e. The van der Waals surface area contributed by atoms with Crippen LogP contribution in [0, 0.1) is 5.41 Å². The summed E-state index contributed by atoms with van der Waals surface area (Å²) >= 11 is 0. The topological polar surface area (TPSA) is 196 Å². The lowest BCUT2D eigenvalue weighted by atomic mass is 9.64. The summed E-state index contributed by atoms with van der Waals surface area (Å²) in [6.07, 6.45) is -8.62. The zero-order valence-corrected chi connectivity index (χ0v) is 20.8. The molecule has 12 nitrogen and oxygen atoms in total. The first-order valence-corrected chi connectivity index (χ1v) is 11.9. The first-order chi connectivity index (χ1) is 16.7. The molecule has 0 aromatic rings. The van der Waals surface area contributed by atoms with Gasteiger partial charge in [0.2, 0.25) is 0 Å². The van der Waals surface area contributed by atoms with Gasteiger partial charge in [0.1, 0.15) is 48.3 Å². The van der Waals surface area contributed by atoms with Gasteiger partial charge in [0.15, 0.2) is 18.4 Å². The van der Waals surface area contributed by atoms with Crippen LogP contribution < -0.4 is 0 Å². The molecule has 2 heterocycles. The molecule has 0 aromatic heterocycles. The Morgan fingerprint density at radius 3 is 2.19 bits per heavy atom. The van der Waals surface area contributed by atoms with Gasteiger partial charge < -0.3 is 54.7 Å². The largest absolute Gasteiger partial charge is 0.394 e. The van der Waals surface area contributed by atoms with Crippen molar-refractivity contribution in [3.05, 3.63) is 23.8 Å². The van der Waals surface area contributed by atoms with Gasteiger partial charge in [-0.1, -0.05) is 19.9 Å². The Morgan fingerprint density at radius 1 is 1.03 bits per heavy atom. The molecule has 206 valence electrons. The van der Waals surface area contributed by atoms with Crippen molar-refractivity contribution in [2.75, 3.05) is 13.2 Å². The molecule has 11 atom stereocenters. The lowest BCUT2D eigenvalue weighted by Crippen LogP contribution is -2.60. The highest BCUT2D eigenvalue weighted by Crippen LogP contribution is 2.44. The van der Waals surface area contributed by atoms with Gasteiger partial charge in [-0.3, -0.25) is 4.79 Å². The number of ketones is 1. The maximum atomic E-state index is 11.9. The molecule has 0 spiro atoms. The van der Waals surface area contributed by atoms with E-state index in [1.54, 1.807) is 33.8 Å². The van der Waals surface area contributed by atoms with Gasteiger partial charge in [-0.25, -0.2) is 0 Å². The van der Waals surface area contributed by atoms with E-state index in [4.69, 9.17) is 18.9 Å². The molecule has 0 radical (unpaired) electrons. The van der Waals surface area contributed by atoms with Gasteiger partial charge >= 0.3 is 0 Å². The molecule has 2 saturated heterocycles. The van der Waals surface area contributed by atoms with Crippen molar-refractivity contribution in [2.45, 2.75) is 101 Å². The molecular formula is C24H38O12. The first kappa shape index (κ1) is 29.3. The Balaban J connectivity index is 1.64. The number of ether oxygens (including phenoxy) is 4. The van der Waals surface area contributed by atoms with Crippen LogP contribution in [0.15, 0.2) is 23.8 Å². The summed E-state index contributed by atoms with van der Waals surface area (Å²) < 4.78 is 21.9. The second-order valence-electron chi connectivity index (χ2n) is 10.4. The molecule has 3 rings (SSSR count). The van der Waals surface area contributed by atoms with E-state index in [1.165, 1.54) is 12.2 Å². The summed E-state index contributed by atoms with van der Waals surface area (Å²) in [5, 5.41) is 71.3. The van der Waals surface area contributed by atoms with Gasteiger partial charge in [-0.15, -0.1) is 0 Å². The van der Waals surface area contributed by atoms with E-state index in [1.807, 2.05) is 0 Å². The molecule has 3 aliphatic rings. The van der Waals surface area contributed by atoms with Gasteiger partial charge in [-0.05, 0) is 31.6 Å². The molecule has 0 aromatic carbocycles. The summed E-state index contributed by atoms with van der Waals surface area (Å²) in [6.45, 7) is 5.91. The predicted octanol–water partition coefficient (Wildman–Crippen LogP) is -2.11. The predicted molar refractivity (Wildman–Crippen MR) is 122 cm³/mol. The normalized spacial score (nSPS) is 44.1. The third-order valence-electron chi connectivity index (χ3n) is 7.18. The molecule has 0 unspecified atom stereocenters. The summed E-state index contributed by atoms with van der Waals surface area (Å²) in [5.74, 6) is -0.0729. The molecular weight excluding hydrogens is 480 g/mol. The molecule has 12 heteroatoms. The number of allylic oxidation sites excluding steroid dienone is 1. The fourth-order valence-corrected chi connectivity index (χ4v) is 4.75. The van der Waals surface area contributed by atoms with Gasteiger partial charge in [-0.2, -0.15) is 0 Å². The Labute approximate surface area is 209 Å². The molecule has 0 amide bonds. The average Bonchev–Trinajstić information content (AvgIpc) is 3.08. The maximum absolute atomic E-state index is 11.9. The summed E-state index contributed by atoms with van der Waals surface area (Å²) in [6, 6.07) is 0.